The summed E-state index contributed by atoms with van der Waals surface area (Å²) in [6.45, 7) is 3.97. The summed E-state index contributed by atoms with van der Waals surface area (Å²) in [7, 11) is 3.07. The second-order valence-electron chi connectivity index (χ2n) is 8.56. The minimum absolute atomic E-state index is 0.0261. The molecule has 36 heavy (non-hydrogen) atoms. The van der Waals surface area contributed by atoms with Crippen molar-refractivity contribution in [2.45, 2.75) is 19.9 Å². The lowest BCUT2D eigenvalue weighted by molar-refractivity contribution is -0.132. The first-order valence-electron chi connectivity index (χ1n) is 11.3. The Bertz CT molecular complexity index is 1540. The maximum Gasteiger partial charge on any atom is 0.301 e. The van der Waals surface area contributed by atoms with Gasteiger partial charge in [0.1, 0.15) is 23.3 Å². The number of thiazole rings is 1. The number of aromatic nitrogens is 1. The summed E-state index contributed by atoms with van der Waals surface area (Å²) in [4.78, 5) is 33.1. The minimum Gasteiger partial charge on any atom is -0.507 e. The van der Waals surface area contributed by atoms with Crippen molar-refractivity contribution in [3.8, 4) is 11.5 Å². The molecular weight excluding hydrogens is 476 g/mol. The fraction of sp³-hybridized carbons (Fsp3) is 0.179. The van der Waals surface area contributed by atoms with Crippen molar-refractivity contribution >= 4 is 44.1 Å². The molecule has 0 radical (unpaired) electrons. The number of nitrogens with zero attached hydrogens (tertiary/aromatic N) is 2. The second-order valence-corrected chi connectivity index (χ2v) is 9.57. The fourth-order valence-electron chi connectivity index (χ4n) is 4.58. The number of para-hydroxylation sites is 1. The van der Waals surface area contributed by atoms with Gasteiger partial charge in [-0.1, -0.05) is 35.6 Å². The van der Waals surface area contributed by atoms with Gasteiger partial charge in [0.2, 0.25) is 0 Å². The van der Waals surface area contributed by atoms with Crippen LogP contribution in [0.15, 0.2) is 66.2 Å². The fourth-order valence-corrected chi connectivity index (χ4v) is 5.75. The molecule has 1 fully saturated rings. The van der Waals surface area contributed by atoms with E-state index >= 15 is 0 Å². The van der Waals surface area contributed by atoms with Crippen molar-refractivity contribution in [1.29, 1.82) is 0 Å². The second kappa shape index (κ2) is 9.13. The number of fused-ring (bicyclic) bond motifs is 1. The molecule has 2 heterocycles. The van der Waals surface area contributed by atoms with Crippen LogP contribution in [0.5, 0.6) is 11.5 Å². The Morgan fingerprint density at radius 2 is 1.72 bits per heavy atom. The Morgan fingerprint density at radius 1 is 1.00 bits per heavy atom. The van der Waals surface area contributed by atoms with E-state index in [4.69, 9.17) is 14.5 Å². The molecule has 0 saturated carbocycles. The zero-order valence-electron chi connectivity index (χ0n) is 20.2. The van der Waals surface area contributed by atoms with Gasteiger partial charge in [-0.2, -0.15) is 0 Å². The zero-order valence-corrected chi connectivity index (χ0v) is 21.1. The monoisotopic (exact) mass is 500 g/mol. The minimum atomic E-state index is -0.926. The van der Waals surface area contributed by atoms with Crippen molar-refractivity contribution < 1.29 is 24.2 Å². The largest absolute Gasteiger partial charge is 0.507 e. The average Bonchev–Trinajstić information content (AvgIpc) is 3.42. The van der Waals surface area contributed by atoms with Crippen LogP contribution in [-0.4, -0.2) is 36.0 Å². The van der Waals surface area contributed by atoms with Crippen LogP contribution < -0.4 is 14.4 Å². The maximum atomic E-state index is 13.5. The van der Waals surface area contributed by atoms with Crippen molar-refractivity contribution in [2.24, 2.45) is 0 Å². The molecule has 5 rings (SSSR count). The Hall–Kier alpha value is -4.17. The molecule has 1 amide bonds. The standard InChI is InChI=1S/C28H24N2O5S/c1-15-13-16(2)23-21(14-15)36-28(29-23)30-24(19-7-5-6-8-20(19)35-4)22(26(32)27(30)33)25(31)17-9-11-18(34-3)12-10-17/h5-14,24,31H,1-4H3/b25-22+/t24-/m1/s1. The van der Waals surface area contributed by atoms with Crippen LogP contribution in [0.3, 0.4) is 0 Å². The van der Waals surface area contributed by atoms with Crippen molar-refractivity contribution in [3.05, 3.63) is 88.5 Å². The van der Waals surface area contributed by atoms with E-state index in [2.05, 4.69) is 0 Å². The number of benzene rings is 3. The molecule has 1 aliphatic rings. The average molecular weight is 501 g/mol. The number of Topliss-reactive ketones (excluding diaryl/α,β-unsaturated/α-hetero) is 1. The molecule has 8 heteroatoms. The highest BCUT2D eigenvalue weighted by atomic mass is 32.1. The van der Waals surface area contributed by atoms with Gasteiger partial charge >= 0.3 is 5.91 Å². The molecule has 1 saturated heterocycles. The number of amides is 1. The van der Waals surface area contributed by atoms with Gasteiger partial charge in [0, 0.05) is 11.1 Å². The number of carbonyl (C=O) groups excluding carboxylic acids is 2. The van der Waals surface area contributed by atoms with Crippen LogP contribution in [0.1, 0.15) is 28.3 Å². The van der Waals surface area contributed by atoms with Crippen molar-refractivity contribution in [1.82, 2.24) is 4.98 Å². The molecule has 4 aromatic rings. The Labute approximate surface area is 212 Å². The van der Waals surface area contributed by atoms with E-state index in [1.165, 1.54) is 23.3 Å². The molecule has 0 spiro atoms. The van der Waals surface area contributed by atoms with Gasteiger partial charge in [-0.3, -0.25) is 14.5 Å². The van der Waals surface area contributed by atoms with Crippen LogP contribution in [0, 0.1) is 13.8 Å². The molecule has 0 unspecified atom stereocenters. The zero-order chi connectivity index (χ0) is 25.6. The lowest BCUT2D eigenvalue weighted by Gasteiger charge is -2.24. The number of rotatable bonds is 5. The number of ketones is 1. The summed E-state index contributed by atoms with van der Waals surface area (Å²) >= 11 is 1.34. The number of aryl methyl sites for hydroxylation is 2. The summed E-state index contributed by atoms with van der Waals surface area (Å²) in [5.74, 6) is -0.722. The smallest absolute Gasteiger partial charge is 0.301 e. The Kier molecular flexibility index (Phi) is 5.97. The summed E-state index contributed by atoms with van der Waals surface area (Å²) in [6.07, 6.45) is 0. The van der Waals surface area contributed by atoms with Gasteiger partial charge < -0.3 is 14.6 Å². The maximum absolute atomic E-state index is 13.5. The first kappa shape index (κ1) is 23.6. The van der Waals surface area contributed by atoms with Gasteiger partial charge in [0.05, 0.1) is 30.0 Å². The number of aliphatic hydroxyl groups excluding tert-OH is 1. The number of methoxy groups -OCH3 is 2. The first-order chi connectivity index (χ1) is 17.3. The van der Waals surface area contributed by atoms with Gasteiger partial charge in [-0.25, -0.2) is 4.98 Å². The van der Waals surface area contributed by atoms with Crippen LogP contribution >= 0.6 is 11.3 Å². The third-order valence-electron chi connectivity index (χ3n) is 6.27. The number of carbonyl (C=O) groups is 2. The molecule has 1 aromatic heterocycles. The van der Waals surface area contributed by atoms with Gasteiger partial charge in [0.25, 0.3) is 5.78 Å². The van der Waals surface area contributed by atoms with E-state index in [-0.39, 0.29) is 11.3 Å². The predicted molar refractivity (Wildman–Crippen MR) is 140 cm³/mol. The highest BCUT2D eigenvalue weighted by molar-refractivity contribution is 7.22. The molecular formula is C28H24N2O5S. The highest BCUT2D eigenvalue weighted by Gasteiger charge is 2.49. The number of ether oxygens (including phenoxy) is 2. The topological polar surface area (TPSA) is 89.0 Å². The van der Waals surface area contributed by atoms with E-state index in [1.807, 2.05) is 32.0 Å². The SMILES string of the molecule is COc1ccc(/C(O)=C2\C(=O)C(=O)N(c3nc4c(C)cc(C)cc4s3)[C@@H]2c2ccccc2OC)cc1. The summed E-state index contributed by atoms with van der Waals surface area (Å²) in [5.41, 5.74) is 3.78. The van der Waals surface area contributed by atoms with E-state index in [1.54, 1.807) is 49.6 Å². The number of hydrogen-bond acceptors (Lipinski definition) is 7. The number of anilines is 1. The summed E-state index contributed by atoms with van der Waals surface area (Å²) < 4.78 is 11.7. The van der Waals surface area contributed by atoms with Crippen LogP contribution in [-0.2, 0) is 9.59 Å². The van der Waals surface area contributed by atoms with Crippen LogP contribution in [0.4, 0.5) is 5.13 Å². The van der Waals surface area contributed by atoms with Crippen LogP contribution in [0.2, 0.25) is 0 Å². The Morgan fingerprint density at radius 3 is 2.42 bits per heavy atom. The predicted octanol–water partition coefficient (Wildman–Crippen LogP) is 5.56. The van der Waals surface area contributed by atoms with E-state index in [0.717, 1.165) is 21.3 Å². The normalized spacial score (nSPS) is 17.1. The molecule has 7 nitrogen and oxygen atoms in total. The van der Waals surface area contributed by atoms with Crippen LogP contribution in [0.25, 0.3) is 16.0 Å². The molecule has 1 atom stereocenters. The lowest BCUT2D eigenvalue weighted by Crippen LogP contribution is -2.29. The van der Waals surface area contributed by atoms with Gasteiger partial charge in [-0.15, -0.1) is 0 Å². The summed E-state index contributed by atoms with van der Waals surface area (Å²) in [5, 5.41) is 11.7. The van der Waals surface area contributed by atoms with E-state index in [9.17, 15) is 14.7 Å². The molecule has 3 aromatic carbocycles. The third-order valence-corrected chi connectivity index (χ3v) is 7.27. The summed E-state index contributed by atoms with van der Waals surface area (Å²) in [6, 6.07) is 16.9. The van der Waals surface area contributed by atoms with E-state index < -0.39 is 17.7 Å². The molecule has 182 valence electrons. The van der Waals surface area contributed by atoms with Gasteiger partial charge in [0.15, 0.2) is 5.13 Å². The molecule has 0 bridgehead atoms. The van der Waals surface area contributed by atoms with Crippen molar-refractivity contribution in [3.63, 3.8) is 0 Å². The quantitative estimate of drug-likeness (QED) is 0.219. The molecule has 0 aliphatic carbocycles. The first-order valence-corrected chi connectivity index (χ1v) is 12.1. The van der Waals surface area contributed by atoms with E-state index in [0.29, 0.717) is 27.8 Å². The number of hydrogen-bond donors (Lipinski definition) is 1. The highest BCUT2D eigenvalue weighted by Crippen LogP contribution is 2.46. The molecule has 1 aliphatic heterocycles. The number of aliphatic hydroxyl groups is 1. The third kappa shape index (κ3) is 3.79. The molecule has 1 N–H and O–H groups in total. The Balaban J connectivity index is 1.75. The lowest BCUT2D eigenvalue weighted by atomic mass is 9.94. The van der Waals surface area contributed by atoms with Crippen molar-refractivity contribution in [2.75, 3.05) is 19.1 Å². The van der Waals surface area contributed by atoms with Gasteiger partial charge in [-0.05, 0) is 61.4 Å².